The lowest BCUT2D eigenvalue weighted by Gasteiger charge is -2.14. The molecule has 2 N–H and O–H groups in total. The van der Waals surface area contributed by atoms with Crippen LogP contribution in [-0.2, 0) is 14.4 Å². The first kappa shape index (κ1) is 17.1. The third kappa shape index (κ3) is 4.15. The van der Waals surface area contributed by atoms with Crippen molar-refractivity contribution in [3.05, 3.63) is 71.8 Å². The highest BCUT2D eigenvalue weighted by Gasteiger charge is 2.26. The lowest BCUT2D eigenvalue weighted by molar-refractivity contribution is -0.127. The van der Waals surface area contributed by atoms with Gasteiger partial charge in [-0.25, -0.2) is 5.48 Å². The number of hydrogen-bond donors (Lipinski definition) is 2. The number of ether oxygens (including phenoxy) is 1. The smallest absolute Gasteiger partial charge is 0.271 e. The van der Waals surface area contributed by atoms with Crippen LogP contribution in [0, 0.1) is 0 Å². The maximum atomic E-state index is 13.1. The number of hydrogen-bond acceptors (Lipinski definition) is 4. The summed E-state index contributed by atoms with van der Waals surface area (Å²) in [7, 11) is -1.19. The topological polar surface area (TPSA) is 76.7 Å². The first-order valence-electron chi connectivity index (χ1n) is 11.4. The van der Waals surface area contributed by atoms with Crippen molar-refractivity contribution in [1.82, 2.24) is 5.48 Å². The molecule has 0 saturated heterocycles. The minimum absolute atomic E-state index is 0.244. The molecule has 0 heterocycles. The van der Waals surface area contributed by atoms with E-state index in [1.807, 2.05) is 36.4 Å². The van der Waals surface area contributed by atoms with Crippen LogP contribution in [0.4, 0.5) is 5.69 Å². The highest BCUT2D eigenvalue weighted by atomic mass is 16.6. The van der Waals surface area contributed by atoms with E-state index in [9.17, 15) is 9.59 Å². The van der Waals surface area contributed by atoms with E-state index in [1.165, 1.54) is 7.11 Å². The molecule has 0 spiro atoms. The number of rotatable bonds is 6. The second kappa shape index (κ2) is 9.02. The number of hydroxylamine groups is 1. The molecule has 1 aliphatic carbocycles. The summed E-state index contributed by atoms with van der Waals surface area (Å²) in [5, 5.41) is 4.65. The first-order chi connectivity index (χ1) is 16.3. The van der Waals surface area contributed by atoms with E-state index in [2.05, 4.69) is 10.8 Å². The zero-order chi connectivity index (χ0) is 24.3. The standard InChI is InChI=1S/C25H24N2O4/c1-30-17-8-5-7-16(15-17)18-13-14-23(20-10-4-3-9-19(18)20)26-24(28)21-11-6-12-22(21)25(29)27-31-2/h3-5,7-10,13-15H,6,11-12H2,1-2H3,(H,26,28)(H,27,29)/i1D3. The lowest BCUT2D eigenvalue weighted by Crippen LogP contribution is -2.25. The summed E-state index contributed by atoms with van der Waals surface area (Å²) in [6.07, 6.45) is 1.76. The van der Waals surface area contributed by atoms with Crippen LogP contribution < -0.4 is 15.5 Å². The molecule has 31 heavy (non-hydrogen) atoms. The maximum absolute atomic E-state index is 13.1. The Morgan fingerprint density at radius 1 is 0.935 bits per heavy atom. The van der Waals surface area contributed by atoms with Crippen LogP contribution in [0.5, 0.6) is 5.75 Å². The second-order valence-electron chi connectivity index (χ2n) is 7.24. The summed E-state index contributed by atoms with van der Waals surface area (Å²) in [6, 6.07) is 18.2. The predicted molar refractivity (Wildman–Crippen MR) is 121 cm³/mol. The molecule has 6 nitrogen and oxygen atoms in total. The van der Waals surface area contributed by atoms with Gasteiger partial charge in [0, 0.05) is 22.2 Å². The quantitative estimate of drug-likeness (QED) is 0.572. The summed E-state index contributed by atoms with van der Waals surface area (Å²) in [6.45, 7) is 0. The monoisotopic (exact) mass is 419 g/mol. The highest BCUT2D eigenvalue weighted by molar-refractivity contribution is 6.14. The summed E-state index contributed by atoms with van der Waals surface area (Å²) in [5.74, 6) is -0.469. The molecule has 0 bridgehead atoms. The fourth-order valence-corrected chi connectivity index (χ4v) is 3.98. The molecule has 0 aliphatic heterocycles. The Morgan fingerprint density at radius 2 is 1.71 bits per heavy atom. The summed E-state index contributed by atoms with van der Waals surface area (Å²) in [5.41, 5.74) is 5.45. The molecule has 0 fully saturated rings. The van der Waals surface area contributed by atoms with Crippen molar-refractivity contribution in [3.63, 3.8) is 0 Å². The van der Waals surface area contributed by atoms with Gasteiger partial charge in [-0.1, -0.05) is 42.5 Å². The van der Waals surface area contributed by atoms with Crippen molar-refractivity contribution < 1.29 is 23.3 Å². The van der Waals surface area contributed by atoms with E-state index in [-0.39, 0.29) is 11.7 Å². The van der Waals surface area contributed by atoms with E-state index in [0.717, 1.165) is 28.3 Å². The summed E-state index contributed by atoms with van der Waals surface area (Å²) >= 11 is 0. The molecule has 4 rings (SSSR count). The predicted octanol–water partition coefficient (Wildman–Crippen LogP) is 4.61. The third-order valence-electron chi connectivity index (χ3n) is 5.40. The second-order valence-corrected chi connectivity index (χ2v) is 7.24. The number of benzene rings is 3. The number of fused-ring (bicyclic) bond motifs is 1. The number of carbonyl (C=O) groups is 2. The van der Waals surface area contributed by atoms with E-state index < -0.39 is 12.9 Å². The van der Waals surface area contributed by atoms with Crippen molar-refractivity contribution in [2.24, 2.45) is 0 Å². The van der Waals surface area contributed by atoms with E-state index >= 15 is 0 Å². The zero-order valence-corrected chi connectivity index (χ0v) is 17.0. The molecule has 158 valence electrons. The highest BCUT2D eigenvalue weighted by Crippen LogP contribution is 2.35. The van der Waals surface area contributed by atoms with Gasteiger partial charge < -0.3 is 10.1 Å². The molecule has 6 heteroatoms. The van der Waals surface area contributed by atoms with Gasteiger partial charge in [-0.2, -0.15) is 0 Å². The Hall–Kier alpha value is -3.64. The van der Waals surface area contributed by atoms with Gasteiger partial charge >= 0.3 is 0 Å². The van der Waals surface area contributed by atoms with Gasteiger partial charge in [-0.05, 0) is 54.0 Å². The molecule has 0 radical (unpaired) electrons. The van der Waals surface area contributed by atoms with E-state index in [0.29, 0.717) is 29.7 Å². The molecule has 3 aromatic rings. The van der Waals surface area contributed by atoms with Gasteiger partial charge in [-0.15, -0.1) is 0 Å². The van der Waals surface area contributed by atoms with Gasteiger partial charge in [-0.3, -0.25) is 14.4 Å². The number of methoxy groups -OCH3 is 1. The Morgan fingerprint density at radius 3 is 2.48 bits per heavy atom. The number of nitrogens with one attached hydrogen (secondary N) is 2. The Bertz CT molecular complexity index is 1280. The minimum Gasteiger partial charge on any atom is -0.497 e. The van der Waals surface area contributed by atoms with Crippen LogP contribution in [0.15, 0.2) is 71.8 Å². The van der Waals surface area contributed by atoms with Crippen LogP contribution in [-0.4, -0.2) is 26.0 Å². The molecule has 2 amide bonds. The fraction of sp³-hybridized carbons (Fsp3) is 0.200. The lowest BCUT2D eigenvalue weighted by atomic mass is 9.97. The van der Waals surface area contributed by atoms with Gasteiger partial charge in [0.05, 0.1) is 18.3 Å². The minimum atomic E-state index is -2.54. The summed E-state index contributed by atoms with van der Waals surface area (Å²) in [4.78, 5) is 30.0. The van der Waals surface area contributed by atoms with Crippen molar-refractivity contribution in [3.8, 4) is 16.9 Å². The molecule has 0 aromatic heterocycles. The first-order valence-corrected chi connectivity index (χ1v) is 9.95. The van der Waals surface area contributed by atoms with E-state index in [4.69, 9.17) is 13.7 Å². The van der Waals surface area contributed by atoms with Gasteiger partial charge in [0.2, 0.25) is 0 Å². The third-order valence-corrected chi connectivity index (χ3v) is 5.40. The van der Waals surface area contributed by atoms with Crippen molar-refractivity contribution in [2.75, 3.05) is 19.5 Å². The van der Waals surface area contributed by atoms with Gasteiger partial charge in [0.1, 0.15) is 5.75 Å². The average Bonchev–Trinajstić information content (AvgIpc) is 3.29. The average molecular weight is 419 g/mol. The molecule has 1 aliphatic rings. The Kier molecular flexibility index (Phi) is 4.97. The normalized spacial score (nSPS) is 15.2. The fourth-order valence-electron chi connectivity index (χ4n) is 3.98. The Balaban J connectivity index is 1.68. The van der Waals surface area contributed by atoms with Crippen LogP contribution in [0.25, 0.3) is 21.9 Å². The van der Waals surface area contributed by atoms with Crippen LogP contribution in [0.1, 0.15) is 23.4 Å². The molecule has 0 atom stereocenters. The summed E-state index contributed by atoms with van der Waals surface area (Å²) < 4.78 is 27.1. The zero-order valence-electron chi connectivity index (χ0n) is 20.0. The molecule has 0 saturated carbocycles. The Labute approximate surface area is 185 Å². The largest absolute Gasteiger partial charge is 0.497 e. The number of amides is 2. The van der Waals surface area contributed by atoms with Crippen molar-refractivity contribution >= 4 is 28.3 Å². The SMILES string of the molecule is [2H]C([2H])([2H])Oc1cccc(-c2ccc(NC(=O)C3=C(C(=O)NOC)CCC3)c3ccccc23)c1. The molecule has 0 unspecified atom stereocenters. The van der Waals surface area contributed by atoms with E-state index in [1.54, 1.807) is 24.3 Å². The van der Waals surface area contributed by atoms with Crippen molar-refractivity contribution in [2.45, 2.75) is 19.3 Å². The maximum Gasteiger partial charge on any atom is 0.271 e. The molecule has 3 aromatic carbocycles. The van der Waals surface area contributed by atoms with Crippen molar-refractivity contribution in [1.29, 1.82) is 0 Å². The number of carbonyl (C=O) groups excluding carboxylic acids is 2. The van der Waals surface area contributed by atoms with Crippen LogP contribution in [0.2, 0.25) is 0 Å². The van der Waals surface area contributed by atoms with Gasteiger partial charge in [0.25, 0.3) is 11.8 Å². The number of anilines is 1. The van der Waals surface area contributed by atoms with Gasteiger partial charge in [0.15, 0.2) is 0 Å². The molecular weight excluding hydrogens is 392 g/mol. The van der Waals surface area contributed by atoms with Crippen LogP contribution >= 0.6 is 0 Å². The molecular formula is C25H24N2O4. The van der Waals surface area contributed by atoms with Crippen LogP contribution in [0.3, 0.4) is 0 Å².